The fourth-order valence-electron chi connectivity index (χ4n) is 6.61. The molecule has 256 valence electrons. The summed E-state index contributed by atoms with van der Waals surface area (Å²) < 4.78 is 16.7. The van der Waals surface area contributed by atoms with Crippen LogP contribution in [0, 0.1) is 11.8 Å². The predicted octanol–water partition coefficient (Wildman–Crippen LogP) is 3.81. The molecule has 12 heteroatoms. The lowest BCUT2D eigenvalue weighted by molar-refractivity contribution is -0.141. The minimum atomic E-state index is -1.27. The third kappa shape index (κ3) is 8.53. The summed E-state index contributed by atoms with van der Waals surface area (Å²) in [5.74, 6) is -2.67. The first kappa shape index (κ1) is 34.5. The predicted molar refractivity (Wildman–Crippen MR) is 177 cm³/mol. The second-order valence-electron chi connectivity index (χ2n) is 12.5. The van der Waals surface area contributed by atoms with E-state index in [-0.39, 0.29) is 30.6 Å². The Labute approximate surface area is 279 Å². The summed E-state index contributed by atoms with van der Waals surface area (Å²) in [6, 6.07) is 11.8. The van der Waals surface area contributed by atoms with Crippen molar-refractivity contribution in [3.63, 3.8) is 0 Å². The molecule has 3 aromatic rings. The minimum Gasteiger partial charge on any atom is -0.496 e. The molecule has 2 fully saturated rings. The maximum absolute atomic E-state index is 14.0. The van der Waals surface area contributed by atoms with Crippen molar-refractivity contribution in [2.45, 2.75) is 76.4 Å². The van der Waals surface area contributed by atoms with Crippen molar-refractivity contribution in [2.75, 3.05) is 20.8 Å². The third-order valence-electron chi connectivity index (χ3n) is 9.26. The van der Waals surface area contributed by atoms with E-state index >= 15 is 0 Å². The number of ether oxygens (including phenoxy) is 2. The smallest absolute Gasteiger partial charge is 0.289 e. The molecule has 1 aliphatic heterocycles. The zero-order valence-electron chi connectivity index (χ0n) is 27.5. The number of hydrogen-bond donors (Lipinski definition) is 4. The number of Topliss-reactive ketones (excluding diaryl/α,β-unsaturated/α-hetero) is 1. The Bertz CT molecular complexity index is 1570. The fraction of sp³-hybridized carbons (Fsp3) is 0.472. The number of piperidine rings is 1. The van der Waals surface area contributed by atoms with Crippen LogP contribution in [0.2, 0.25) is 0 Å². The van der Waals surface area contributed by atoms with Crippen LogP contribution in [-0.4, -0.2) is 62.3 Å². The molecule has 48 heavy (non-hydrogen) atoms. The monoisotopic (exact) mass is 660 g/mol. The second kappa shape index (κ2) is 16.3. The van der Waals surface area contributed by atoms with Crippen LogP contribution >= 0.6 is 0 Å². The van der Waals surface area contributed by atoms with Gasteiger partial charge in [-0.15, -0.1) is 0 Å². The Hall–Kier alpha value is -4.87. The summed E-state index contributed by atoms with van der Waals surface area (Å²) in [5.41, 5.74) is 1.13. The Balaban J connectivity index is 1.37. The van der Waals surface area contributed by atoms with Crippen LogP contribution in [0.5, 0.6) is 11.5 Å². The van der Waals surface area contributed by atoms with E-state index < -0.39 is 41.5 Å². The molecule has 4 N–H and O–H groups in total. The topological polar surface area (TPSA) is 165 Å². The lowest BCUT2D eigenvalue weighted by Gasteiger charge is -2.29. The summed E-state index contributed by atoms with van der Waals surface area (Å²) in [6.07, 6.45) is 6.52. The molecule has 1 saturated heterocycles. The molecule has 1 saturated carbocycles. The zero-order chi connectivity index (χ0) is 34.0. The van der Waals surface area contributed by atoms with Gasteiger partial charge in [0.05, 0.1) is 25.6 Å². The summed E-state index contributed by atoms with van der Waals surface area (Å²) in [7, 11) is 3.00. The molecule has 4 amide bonds. The molecule has 0 bridgehead atoms. The van der Waals surface area contributed by atoms with Crippen molar-refractivity contribution < 1.29 is 37.9 Å². The fourth-order valence-corrected chi connectivity index (χ4v) is 6.61. The summed E-state index contributed by atoms with van der Waals surface area (Å²) in [6.45, 7) is 0.663. The van der Waals surface area contributed by atoms with Crippen molar-refractivity contribution >= 4 is 40.4 Å². The molecular weight excluding hydrogens is 616 g/mol. The van der Waals surface area contributed by atoms with Crippen molar-refractivity contribution in [2.24, 2.45) is 11.8 Å². The molecular formula is C36H44N4O8. The van der Waals surface area contributed by atoms with Gasteiger partial charge in [0.1, 0.15) is 11.8 Å². The normalized spacial score (nSPS) is 17.9. The Morgan fingerprint density at radius 1 is 0.875 bits per heavy atom. The maximum Gasteiger partial charge on any atom is 0.289 e. The number of methoxy groups -OCH3 is 2. The van der Waals surface area contributed by atoms with Gasteiger partial charge < -0.3 is 35.2 Å². The van der Waals surface area contributed by atoms with E-state index in [9.17, 15) is 24.0 Å². The van der Waals surface area contributed by atoms with E-state index in [0.717, 1.165) is 44.1 Å². The number of carbonyl (C=O) groups is 5. The average molecular weight is 661 g/mol. The molecule has 12 nitrogen and oxygen atoms in total. The summed E-state index contributed by atoms with van der Waals surface area (Å²) in [4.78, 5) is 67.0. The first-order valence-electron chi connectivity index (χ1n) is 16.7. The number of carbonyl (C=O) groups excluding carboxylic acids is 5. The third-order valence-corrected chi connectivity index (χ3v) is 9.26. The van der Waals surface area contributed by atoms with Gasteiger partial charge in [-0.05, 0) is 49.3 Å². The van der Waals surface area contributed by atoms with E-state index in [4.69, 9.17) is 13.9 Å². The van der Waals surface area contributed by atoms with Gasteiger partial charge in [0.15, 0.2) is 17.1 Å². The quantitative estimate of drug-likeness (QED) is 0.190. The van der Waals surface area contributed by atoms with Crippen LogP contribution in [0.15, 0.2) is 52.9 Å². The highest BCUT2D eigenvalue weighted by molar-refractivity contribution is 6.38. The Morgan fingerprint density at radius 2 is 1.60 bits per heavy atom. The molecule has 0 radical (unpaired) electrons. The number of ketones is 1. The van der Waals surface area contributed by atoms with Gasteiger partial charge in [-0.3, -0.25) is 24.0 Å². The van der Waals surface area contributed by atoms with Crippen molar-refractivity contribution in [3.8, 4) is 11.5 Å². The highest BCUT2D eigenvalue weighted by Gasteiger charge is 2.36. The van der Waals surface area contributed by atoms with Crippen LogP contribution in [0.25, 0.3) is 11.0 Å². The van der Waals surface area contributed by atoms with Crippen LogP contribution < -0.4 is 30.7 Å². The van der Waals surface area contributed by atoms with E-state index in [1.54, 1.807) is 12.1 Å². The first-order chi connectivity index (χ1) is 23.3. The number of hydrogen-bond acceptors (Lipinski definition) is 8. The van der Waals surface area contributed by atoms with Crippen molar-refractivity contribution in [1.29, 1.82) is 0 Å². The number of rotatable bonds is 14. The molecule has 0 spiro atoms. The number of furan rings is 1. The van der Waals surface area contributed by atoms with Crippen LogP contribution in [0.1, 0.15) is 73.9 Å². The highest BCUT2D eigenvalue weighted by atomic mass is 16.5. The Morgan fingerprint density at radius 3 is 2.31 bits per heavy atom. The van der Waals surface area contributed by atoms with Crippen molar-refractivity contribution in [3.05, 3.63) is 59.9 Å². The van der Waals surface area contributed by atoms with Gasteiger partial charge >= 0.3 is 0 Å². The molecule has 2 aliphatic rings. The van der Waals surface area contributed by atoms with Gasteiger partial charge in [-0.1, -0.05) is 62.4 Å². The van der Waals surface area contributed by atoms with E-state index in [1.807, 2.05) is 30.3 Å². The van der Waals surface area contributed by atoms with E-state index in [1.165, 1.54) is 20.3 Å². The molecule has 1 aliphatic carbocycles. The largest absolute Gasteiger partial charge is 0.496 e. The van der Waals surface area contributed by atoms with Crippen LogP contribution in [0.4, 0.5) is 0 Å². The summed E-state index contributed by atoms with van der Waals surface area (Å²) >= 11 is 0. The molecule has 2 heterocycles. The molecule has 1 unspecified atom stereocenters. The van der Waals surface area contributed by atoms with E-state index in [2.05, 4.69) is 21.3 Å². The van der Waals surface area contributed by atoms with Gasteiger partial charge in [0.2, 0.25) is 17.6 Å². The number of benzene rings is 2. The molecule has 1 aromatic heterocycles. The van der Waals surface area contributed by atoms with Crippen LogP contribution in [-0.2, 0) is 25.7 Å². The maximum atomic E-state index is 14.0. The zero-order valence-corrected chi connectivity index (χ0v) is 27.5. The van der Waals surface area contributed by atoms with E-state index in [0.29, 0.717) is 41.9 Å². The van der Waals surface area contributed by atoms with Crippen molar-refractivity contribution in [1.82, 2.24) is 21.3 Å². The number of fused-ring (bicyclic) bond motifs is 1. The Kier molecular flexibility index (Phi) is 11.7. The standard InChI is InChI=1S/C36H44N4O8/c1-46-28-15-16-29(47-2)32-25(28)20-30(48-32)35(44)40-27(18-22-10-5-3-6-11-22)34(43)39-26(19-24-14-9-17-37-33(24)42)31(41)36(45)38-21-23-12-7-4-8-13-23/h4,7-8,12-13,15-16,20,22,24,26-27H,3,5-6,9-11,14,17-19,21H2,1-2H3,(H,37,42)(H,38,45)(H,39,43)(H,40,44)/t24-,26-,27?/m0/s1. The number of amides is 4. The molecule has 3 atom stereocenters. The molecule has 2 aromatic carbocycles. The average Bonchev–Trinajstić information content (AvgIpc) is 3.57. The highest BCUT2D eigenvalue weighted by Crippen LogP contribution is 2.36. The second-order valence-corrected chi connectivity index (χ2v) is 12.5. The number of nitrogens with one attached hydrogen (secondary N) is 4. The van der Waals surface area contributed by atoms with Gasteiger partial charge in [0.25, 0.3) is 11.8 Å². The van der Waals surface area contributed by atoms with Gasteiger partial charge in [-0.25, -0.2) is 0 Å². The van der Waals surface area contributed by atoms with Gasteiger partial charge in [-0.2, -0.15) is 0 Å². The summed E-state index contributed by atoms with van der Waals surface area (Å²) in [5, 5.41) is 11.6. The minimum absolute atomic E-state index is 0.0393. The van der Waals surface area contributed by atoms with Gasteiger partial charge in [0, 0.05) is 25.1 Å². The lowest BCUT2D eigenvalue weighted by Crippen LogP contribution is -2.55. The van der Waals surface area contributed by atoms with Crippen LogP contribution in [0.3, 0.4) is 0 Å². The SMILES string of the molecule is COc1ccc(OC)c2oc(C(=O)NC(CC3CCCCC3)C(=O)N[C@@H](C[C@@H]3CCCNC3=O)C(=O)C(=O)NCc3ccccc3)cc12. The lowest BCUT2D eigenvalue weighted by atomic mass is 9.84. The first-order valence-corrected chi connectivity index (χ1v) is 16.7. The molecule has 5 rings (SSSR count).